The van der Waals surface area contributed by atoms with Crippen molar-refractivity contribution in [2.45, 2.75) is 18.8 Å². The highest BCUT2D eigenvalue weighted by atomic mass is 16.5. The lowest BCUT2D eigenvalue weighted by Gasteiger charge is -2.22. The van der Waals surface area contributed by atoms with E-state index < -0.39 is 0 Å². The van der Waals surface area contributed by atoms with Crippen LogP contribution < -0.4 is 5.32 Å². The first-order chi connectivity index (χ1) is 13.4. The molecule has 1 N–H and O–H groups in total. The third-order valence-electron chi connectivity index (χ3n) is 5.46. The van der Waals surface area contributed by atoms with E-state index >= 15 is 0 Å². The highest BCUT2D eigenvalue weighted by Crippen LogP contribution is 2.34. The fraction of sp³-hybridized carbons (Fsp3) is 0.208. The van der Waals surface area contributed by atoms with Crippen molar-refractivity contribution in [3.63, 3.8) is 0 Å². The molecule has 0 amide bonds. The Labute approximate surface area is 159 Å². The predicted octanol–water partition coefficient (Wildman–Crippen LogP) is 6.03. The molecule has 0 radical (unpaired) electrons. The number of rotatable bonds is 3. The Morgan fingerprint density at radius 1 is 0.741 bits per heavy atom. The highest BCUT2D eigenvalue weighted by molar-refractivity contribution is 6.08. The van der Waals surface area contributed by atoms with Gasteiger partial charge < -0.3 is 10.1 Å². The van der Waals surface area contributed by atoms with Crippen molar-refractivity contribution in [2.75, 3.05) is 18.5 Å². The molecule has 1 aliphatic heterocycles. The second-order valence-electron chi connectivity index (χ2n) is 7.15. The molecule has 1 saturated heterocycles. The van der Waals surface area contributed by atoms with E-state index in [9.17, 15) is 0 Å². The van der Waals surface area contributed by atoms with Crippen LogP contribution in [0.2, 0.25) is 0 Å². The van der Waals surface area contributed by atoms with Gasteiger partial charge in [-0.15, -0.1) is 0 Å². The lowest BCUT2D eigenvalue weighted by atomic mass is 9.92. The molecular formula is C24H22N2O. The van der Waals surface area contributed by atoms with Crippen LogP contribution in [-0.2, 0) is 4.74 Å². The number of para-hydroxylation sites is 2. The molecular weight excluding hydrogens is 332 g/mol. The Balaban J connectivity index is 1.53. The molecule has 0 bridgehead atoms. The number of hydrogen-bond acceptors (Lipinski definition) is 3. The normalized spacial score (nSPS) is 15.3. The number of benzene rings is 3. The quantitative estimate of drug-likeness (QED) is 0.456. The number of nitrogens with zero attached hydrogens (tertiary/aromatic N) is 1. The molecule has 1 aromatic heterocycles. The van der Waals surface area contributed by atoms with Gasteiger partial charge in [-0.1, -0.05) is 48.5 Å². The third-order valence-corrected chi connectivity index (χ3v) is 5.46. The maximum absolute atomic E-state index is 5.49. The summed E-state index contributed by atoms with van der Waals surface area (Å²) in [4.78, 5) is 4.80. The number of nitrogens with one attached hydrogen (secondary N) is 1. The minimum absolute atomic E-state index is 0.621. The van der Waals surface area contributed by atoms with Crippen molar-refractivity contribution in [3.05, 3.63) is 78.4 Å². The summed E-state index contributed by atoms with van der Waals surface area (Å²) in [5.41, 5.74) is 5.66. The zero-order chi connectivity index (χ0) is 18.1. The molecule has 0 saturated carbocycles. The zero-order valence-electron chi connectivity index (χ0n) is 15.2. The molecule has 1 fully saturated rings. The lowest BCUT2D eigenvalue weighted by molar-refractivity contribution is 0.0853. The summed E-state index contributed by atoms with van der Waals surface area (Å²) in [7, 11) is 0. The van der Waals surface area contributed by atoms with Gasteiger partial charge in [0.25, 0.3) is 0 Å². The number of ether oxygens (including phenoxy) is 1. The van der Waals surface area contributed by atoms with Gasteiger partial charge in [0.15, 0.2) is 0 Å². The van der Waals surface area contributed by atoms with Gasteiger partial charge >= 0.3 is 0 Å². The summed E-state index contributed by atoms with van der Waals surface area (Å²) in [6, 6.07) is 25.5. The predicted molar refractivity (Wildman–Crippen MR) is 112 cm³/mol. The summed E-state index contributed by atoms with van der Waals surface area (Å²) in [6.45, 7) is 1.75. The van der Waals surface area contributed by atoms with Gasteiger partial charge in [-0.2, -0.15) is 0 Å². The van der Waals surface area contributed by atoms with Gasteiger partial charge in [-0.05, 0) is 48.6 Å². The summed E-state index contributed by atoms with van der Waals surface area (Å²) in [6.07, 6.45) is 2.23. The molecule has 4 aromatic rings. The SMILES string of the molecule is c1ccc2c(Nc3ccc(C4CCOCC4)cc3)c3ccccc3nc2c1. The van der Waals surface area contributed by atoms with Crippen molar-refractivity contribution in [1.29, 1.82) is 0 Å². The van der Waals surface area contributed by atoms with Crippen LogP contribution in [0, 0.1) is 0 Å². The number of anilines is 2. The number of pyridine rings is 1. The third kappa shape index (κ3) is 3.15. The zero-order valence-corrected chi connectivity index (χ0v) is 15.2. The maximum atomic E-state index is 5.49. The van der Waals surface area contributed by atoms with Crippen molar-refractivity contribution in [2.24, 2.45) is 0 Å². The van der Waals surface area contributed by atoms with Crippen LogP contribution in [0.15, 0.2) is 72.8 Å². The van der Waals surface area contributed by atoms with Crippen LogP contribution in [0.5, 0.6) is 0 Å². The van der Waals surface area contributed by atoms with Crippen LogP contribution in [0.3, 0.4) is 0 Å². The van der Waals surface area contributed by atoms with Crippen molar-refractivity contribution >= 4 is 33.2 Å². The second-order valence-corrected chi connectivity index (χ2v) is 7.15. The number of aromatic nitrogens is 1. The second kappa shape index (κ2) is 7.01. The lowest BCUT2D eigenvalue weighted by Crippen LogP contribution is -2.13. The van der Waals surface area contributed by atoms with Gasteiger partial charge in [-0.3, -0.25) is 0 Å². The van der Waals surface area contributed by atoms with E-state index in [1.54, 1.807) is 0 Å². The maximum Gasteiger partial charge on any atom is 0.0730 e. The fourth-order valence-corrected chi connectivity index (χ4v) is 3.99. The van der Waals surface area contributed by atoms with Crippen LogP contribution in [-0.4, -0.2) is 18.2 Å². The Kier molecular flexibility index (Phi) is 4.23. The number of fused-ring (bicyclic) bond motifs is 2. The van der Waals surface area contributed by atoms with Crippen LogP contribution >= 0.6 is 0 Å². The van der Waals surface area contributed by atoms with E-state index in [0.29, 0.717) is 5.92 Å². The van der Waals surface area contributed by atoms with Crippen LogP contribution in [0.1, 0.15) is 24.3 Å². The minimum atomic E-state index is 0.621. The minimum Gasteiger partial charge on any atom is -0.381 e. The van der Waals surface area contributed by atoms with E-state index in [1.807, 2.05) is 12.1 Å². The van der Waals surface area contributed by atoms with Gasteiger partial charge in [-0.25, -0.2) is 4.98 Å². The van der Waals surface area contributed by atoms with E-state index in [-0.39, 0.29) is 0 Å². The molecule has 0 unspecified atom stereocenters. The van der Waals surface area contributed by atoms with E-state index in [4.69, 9.17) is 9.72 Å². The van der Waals surface area contributed by atoms with Crippen molar-refractivity contribution in [1.82, 2.24) is 4.98 Å². The van der Waals surface area contributed by atoms with Gasteiger partial charge in [0.2, 0.25) is 0 Å². The monoisotopic (exact) mass is 354 g/mol. The van der Waals surface area contributed by atoms with E-state index in [0.717, 1.165) is 59.2 Å². The van der Waals surface area contributed by atoms with Gasteiger partial charge in [0.1, 0.15) is 0 Å². The Morgan fingerprint density at radius 3 is 1.96 bits per heavy atom. The highest BCUT2D eigenvalue weighted by Gasteiger charge is 2.16. The molecule has 5 rings (SSSR count). The Bertz CT molecular complexity index is 1030. The van der Waals surface area contributed by atoms with Crippen molar-refractivity contribution in [3.8, 4) is 0 Å². The first-order valence-corrected chi connectivity index (χ1v) is 9.61. The molecule has 0 spiro atoms. The van der Waals surface area contributed by atoms with Crippen molar-refractivity contribution < 1.29 is 4.74 Å². The summed E-state index contributed by atoms with van der Waals surface area (Å²) in [5, 5.41) is 5.94. The summed E-state index contributed by atoms with van der Waals surface area (Å²) >= 11 is 0. The molecule has 0 atom stereocenters. The molecule has 3 aromatic carbocycles. The smallest absolute Gasteiger partial charge is 0.0730 e. The molecule has 0 aliphatic carbocycles. The van der Waals surface area contributed by atoms with E-state index in [1.165, 1.54) is 5.56 Å². The molecule has 134 valence electrons. The summed E-state index contributed by atoms with van der Waals surface area (Å²) < 4.78 is 5.49. The first-order valence-electron chi connectivity index (χ1n) is 9.61. The topological polar surface area (TPSA) is 34.1 Å². The molecule has 27 heavy (non-hydrogen) atoms. The van der Waals surface area contributed by atoms with Gasteiger partial charge in [0.05, 0.1) is 16.7 Å². The molecule has 1 aliphatic rings. The van der Waals surface area contributed by atoms with E-state index in [2.05, 4.69) is 66.0 Å². The fourth-order valence-electron chi connectivity index (χ4n) is 3.99. The average molecular weight is 354 g/mol. The Morgan fingerprint density at radius 2 is 1.33 bits per heavy atom. The Hall–Kier alpha value is -2.91. The first kappa shape index (κ1) is 16.3. The summed E-state index contributed by atoms with van der Waals surface area (Å²) in [5.74, 6) is 0.621. The van der Waals surface area contributed by atoms with Crippen LogP contribution in [0.4, 0.5) is 11.4 Å². The standard InChI is InChI=1S/C24H22N2O/c1-3-7-22-20(5-1)24(21-6-2-4-8-23(21)26-22)25-19-11-9-17(10-12-19)18-13-15-27-16-14-18/h1-12,18H,13-16H2,(H,25,26). The van der Waals surface area contributed by atoms with Gasteiger partial charge in [0, 0.05) is 29.7 Å². The molecule has 3 heteroatoms. The largest absolute Gasteiger partial charge is 0.381 e. The van der Waals surface area contributed by atoms with Crippen LogP contribution in [0.25, 0.3) is 21.8 Å². The number of hydrogen-bond donors (Lipinski definition) is 1. The average Bonchev–Trinajstić information content (AvgIpc) is 2.75. The molecule has 3 nitrogen and oxygen atoms in total. The molecule has 2 heterocycles.